The summed E-state index contributed by atoms with van der Waals surface area (Å²) in [7, 11) is 1.35. The quantitative estimate of drug-likeness (QED) is 0.181. The zero-order valence-electron chi connectivity index (χ0n) is 23.3. The van der Waals surface area contributed by atoms with Gasteiger partial charge in [-0.3, -0.25) is 4.79 Å². The Balaban J connectivity index is 0.000000160. The smallest absolute Gasteiger partial charge is 0.337 e. The van der Waals surface area contributed by atoms with E-state index < -0.39 is 5.97 Å². The Morgan fingerprint density at radius 1 is 0.923 bits per heavy atom. The third kappa shape index (κ3) is 7.18. The summed E-state index contributed by atoms with van der Waals surface area (Å²) in [6.07, 6.45) is 7.25. The number of esters is 1. The van der Waals surface area contributed by atoms with E-state index >= 15 is 0 Å². The van der Waals surface area contributed by atoms with Crippen molar-refractivity contribution in [1.82, 2.24) is 14.9 Å². The number of rotatable bonds is 6. The molecule has 0 amide bonds. The van der Waals surface area contributed by atoms with Crippen molar-refractivity contribution >= 4 is 60.4 Å². The van der Waals surface area contributed by atoms with Crippen molar-refractivity contribution in [2.75, 3.05) is 26.7 Å². The van der Waals surface area contributed by atoms with Gasteiger partial charge in [-0.2, -0.15) is 0 Å². The van der Waals surface area contributed by atoms with Crippen LogP contribution >= 0.6 is 22.7 Å². The largest absolute Gasteiger partial charge is 0.465 e. The molecule has 2 aromatic heterocycles. The fourth-order valence-electron chi connectivity index (χ4n) is 4.42. The van der Waals surface area contributed by atoms with Gasteiger partial charge in [0.05, 0.1) is 49.0 Å². The molecule has 4 aromatic rings. The Hall–Kier alpha value is -2.94. The maximum absolute atomic E-state index is 12.0. The lowest BCUT2D eigenvalue weighted by Crippen LogP contribution is -2.41. The Bertz CT molecular complexity index is 1460. The molecule has 1 atom stereocenters. The number of likely N-dealkylation sites (tertiary alicyclic amines) is 1. The van der Waals surface area contributed by atoms with Gasteiger partial charge >= 0.3 is 5.97 Å². The van der Waals surface area contributed by atoms with E-state index in [1.165, 1.54) is 43.9 Å². The Morgan fingerprint density at radius 2 is 1.49 bits per heavy atom. The molecular weight excluding hydrogens is 526 g/mol. The number of Topliss-reactive ketones (excluding diaryl/α,β-unsaturated/α-hetero) is 1. The average molecular weight is 564 g/mol. The molecule has 3 heterocycles. The molecule has 0 spiro atoms. The van der Waals surface area contributed by atoms with Crippen LogP contribution in [0, 0.1) is 13.8 Å². The lowest BCUT2D eigenvalue weighted by atomic mass is 9.93. The van der Waals surface area contributed by atoms with Gasteiger partial charge in [-0.1, -0.05) is 56.5 Å². The van der Waals surface area contributed by atoms with E-state index in [1.54, 1.807) is 29.6 Å². The number of benzene rings is 2. The molecular formula is C31H37N3O3S2. The lowest BCUT2D eigenvalue weighted by Gasteiger charge is -2.33. The van der Waals surface area contributed by atoms with Crippen molar-refractivity contribution in [3.05, 3.63) is 64.1 Å². The van der Waals surface area contributed by atoms with Gasteiger partial charge in [0.25, 0.3) is 0 Å². The monoisotopic (exact) mass is 563 g/mol. The van der Waals surface area contributed by atoms with E-state index in [0.29, 0.717) is 5.57 Å². The number of aromatic nitrogens is 2. The van der Waals surface area contributed by atoms with E-state index in [4.69, 9.17) is 0 Å². The fraction of sp³-hybridized carbons (Fsp3) is 0.419. The number of nitrogens with zero attached hydrogens (tertiary/aromatic N) is 3. The predicted molar refractivity (Wildman–Crippen MR) is 163 cm³/mol. The van der Waals surface area contributed by atoms with Crippen LogP contribution in [0.5, 0.6) is 0 Å². The summed E-state index contributed by atoms with van der Waals surface area (Å²) in [6, 6.07) is 11.9. The maximum atomic E-state index is 12.0. The number of carbonyl (C=O) groups is 2. The first-order valence-corrected chi connectivity index (χ1v) is 15.1. The van der Waals surface area contributed by atoms with E-state index in [9.17, 15) is 9.59 Å². The summed E-state index contributed by atoms with van der Waals surface area (Å²) >= 11 is 3.30. The molecule has 2 fully saturated rings. The van der Waals surface area contributed by atoms with Crippen molar-refractivity contribution in [3.8, 4) is 0 Å². The highest BCUT2D eigenvalue weighted by molar-refractivity contribution is 7.18. The minimum absolute atomic E-state index is 0.0366. The standard InChI is InChI=1S/C15H18N2OS.C12H11NO2S.C4H8/c1-10(18)13(9-17-7-4-8-17)12-5-3-6-14-15(12)16-11(2)19-14;1-7(12(14)15-3)9-5-4-6-10-11(9)13-8(2)16-10;1-2-4-3-1/h3,5-6,13H,4,7-9H2,1-2H3;4-6H,1H2,2-3H3;1-4H2. The summed E-state index contributed by atoms with van der Waals surface area (Å²) in [6.45, 7) is 12.5. The number of methoxy groups -OCH3 is 1. The van der Waals surface area contributed by atoms with Crippen molar-refractivity contribution < 1.29 is 14.3 Å². The number of ether oxygens (including phenoxy) is 1. The number of aryl methyl sites for hydroxylation is 2. The molecule has 0 N–H and O–H groups in total. The Kier molecular flexibility index (Phi) is 9.99. The third-order valence-electron chi connectivity index (χ3n) is 7.10. The van der Waals surface area contributed by atoms with Crippen molar-refractivity contribution in [2.45, 2.75) is 58.8 Å². The number of thiazole rings is 2. The number of hydrogen-bond acceptors (Lipinski definition) is 8. The molecule has 6 rings (SSSR count). The second-order valence-electron chi connectivity index (χ2n) is 10.0. The van der Waals surface area contributed by atoms with Gasteiger partial charge in [0.2, 0.25) is 0 Å². The first kappa shape index (κ1) is 29.1. The lowest BCUT2D eigenvalue weighted by molar-refractivity contribution is -0.133. The Morgan fingerprint density at radius 3 is 2.00 bits per heavy atom. The molecule has 0 radical (unpaired) electrons. The summed E-state index contributed by atoms with van der Waals surface area (Å²) in [4.78, 5) is 34.8. The van der Waals surface area contributed by atoms with Crippen LogP contribution in [0.1, 0.15) is 66.1 Å². The van der Waals surface area contributed by atoms with E-state index in [1.807, 2.05) is 38.1 Å². The topological polar surface area (TPSA) is 72.4 Å². The van der Waals surface area contributed by atoms with Crippen LogP contribution in [0.25, 0.3) is 26.0 Å². The number of para-hydroxylation sites is 2. The minimum Gasteiger partial charge on any atom is -0.465 e. The van der Waals surface area contributed by atoms with E-state index in [0.717, 1.165) is 56.5 Å². The highest BCUT2D eigenvalue weighted by Gasteiger charge is 2.26. The second-order valence-corrected chi connectivity index (χ2v) is 12.5. The molecule has 2 aromatic carbocycles. The van der Waals surface area contributed by atoms with Gasteiger partial charge < -0.3 is 9.64 Å². The normalized spacial score (nSPS) is 15.2. The summed E-state index contributed by atoms with van der Waals surface area (Å²) in [5, 5.41) is 2.04. The van der Waals surface area contributed by atoms with Crippen molar-refractivity contribution in [2.24, 2.45) is 0 Å². The van der Waals surface area contributed by atoms with Crippen molar-refractivity contribution in [3.63, 3.8) is 0 Å². The number of ketones is 1. The molecule has 8 heteroatoms. The molecule has 6 nitrogen and oxygen atoms in total. The number of carbonyl (C=O) groups excluding carboxylic acids is 2. The van der Waals surface area contributed by atoms with Crippen LogP contribution in [-0.2, 0) is 14.3 Å². The van der Waals surface area contributed by atoms with Crippen LogP contribution in [0.15, 0.2) is 43.0 Å². The zero-order valence-corrected chi connectivity index (χ0v) is 24.9. The summed E-state index contributed by atoms with van der Waals surface area (Å²) < 4.78 is 6.90. The van der Waals surface area contributed by atoms with Crippen LogP contribution in [0.4, 0.5) is 0 Å². The van der Waals surface area contributed by atoms with Crippen LogP contribution in [0.3, 0.4) is 0 Å². The van der Waals surface area contributed by atoms with Gasteiger partial charge in [-0.15, -0.1) is 22.7 Å². The fourth-order valence-corrected chi connectivity index (χ4v) is 6.13. The highest BCUT2D eigenvalue weighted by Crippen LogP contribution is 2.31. The van der Waals surface area contributed by atoms with Gasteiger partial charge in [-0.05, 0) is 58.0 Å². The summed E-state index contributed by atoms with van der Waals surface area (Å²) in [5.41, 5.74) is 4.03. The molecule has 206 valence electrons. The van der Waals surface area contributed by atoms with Gasteiger partial charge in [-0.25, -0.2) is 14.8 Å². The molecule has 2 aliphatic rings. The molecule has 1 saturated heterocycles. The van der Waals surface area contributed by atoms with Crippen LogP contribution in [0.2, 0.25) is 0 Å². The zero-order chi connectivity index (χ0) is 27.9. The Labute approximate surface area is 238 Å². The first-order valence-electron chi connectivity index (χ1n) is 13.5. The molecule has 1 aliphatic heterocycles. The van der Waals surface area contributed by atoms with Gasteiger partial charge in [0.1, 0.15) is 5.78 Å². The molecule has 1 aliphatic carbocycles. The maximum Gasteiger partial charge on any atom is 0.337 e. The molecule has 1 saturated carbocycles. The van der Waals surface area contributed by atoms with Gasteiger partial charge in [0, 0.05) is 12.1 Å². The van der Waals surface area contributed by atoms with Crippen molar-refractivity contribution in [1.29, 1.82) is 0 Å². The average Bonchev–Trinajstić information content (AvgIpc) is 3.42. The van der Waals surface area contributed by atoms with Crippen LogP contribution in [-0.4, -0.2) is 53.4 Å². The first-order chi connectivity index (χ1) is 18.8. The van der Waals surface area contributed by atoms with E-state index in [-0.39, 0.29) is 11.7 Å². The molecule has 39 heavy (non-hydrogen) atoms. The number of fused-ring (bicyclic) bond motifs is 2. The second kappa shape index (κ2) is 13.4. The van der Waals surface area contributed by atoms with E-state index in [2.05, 4.69) is 38.3 Å². The predicted octanol–water partition coefficient (Wildman–Crippen LogP) is 7.33. The third-order valence-corrected chi connectivity index (χ3v) is 8.97. The number of hydrogen-bond donors (Lipinski definition) is 0. The van der Waals surface area contributed by atoms with Crippen LogP contribution < -0.4 is 0 Å². The summed E-state index contributed by atoms with van der Waals surface area (Å²) in [5.74, 6) is -0.214. The minimum atomic E-state index is -0.418. The molecule has 1 unspecified atom stereocenters. The molecule has 0 bridgehead atoms. The SMILES string of the molecule is C1CCC1.C=C(C(=O)OC)c1cccc2sc(C)nc12.CC(=O)C(CN1CCC1)c1cccc2sc(C)nc12. The highest BCUT2D eigenvalue weighted by atomic mass is 32.1. The van der Waals surface area contributed by atoms with Gasteiger partial charge in [0.15, 0.2) is 0 Å².